The average molecular weight is 346 g/mol. The second kappa shape index (κ2) is 8.79. The first-order valence-electron chi connectivity index (χ1n) is 9.51. The van der Waals surface area contributed by atoms with Crippen molar-refractivity contribution in [1.29, 1.82) is 0 Å². The van der Waals surface area contributed by atoms with Gasteiger partial charge in [-0.15, -0.1) is 0 Å². The van der Waals surface area contributed by atoms with Crippen molar-refractivity contribution in [2.75, 3.05) is 39.4 Å². The number of nitrogens with zero attached hydrogens (tertiary/aromatic N) is 2. The molecule has 25 heavy (non-hydrogen) atoms. The van der Waals surface area contributed by atoms with Crippen LogP contribution in [-0.4, -0.2) is 60.4 Å². The molecular weight excluding hydrogens is 316 g/mol. The normalized spacial score (nSPS) is 20.8. The van der Waals surface area contributed by atoms with Crippen LogP contribution in [0.5, 0.6) is 0 Å². The van der Waals surface area contributed by atoms with E-state index in [0.29, 0.717) is 13.0 Å². The SMILES string of the molecule is O=C(CCN1CCCO1)N1CCC(CO)(CCc2ccccc2)CC1. The summed E-state index contributed by atoms with van der Waals surface area (Å²) >= 11 is 0. The van der Waals surface area contributed by atoms with Crippen molar-refractivity contribution < 1.29 is 14.7 Å². The lowest BCUT2D eigenvalue weighted by Crippen LogP contribution is -2.45. The van der Waals surface area contributed by atoms with Crippen LogP contribution in [0, 0.1) is 5.41 Å². The number of aryl methyl sites for hydroxylation is 1. The smallest absolute Gasteiger partial charge is 0.223 e. The molecule has 0 aliphatic carbocycles. The number of amides is 1. The fourth-order valence-electron chi connectivity index (χ4n) is 3.83. The molecule has 2 fully saturated rings. The van der Waals surface area contributed by atoms with Crippen molar-refractivity contribution >= 4 is 5.91 Å². The first-order chi connectivity index (χ1) is 12.2. The van der Waals surface area contributed by atoms with Gasteiger partial charge in [0.2, 0.25) is 5.91 Å². The van der Waals surface area contributed by atoms with Crippen LogP contribution in [0.1, 0.15) is 37.7 Å². The third-order valence-corrected chi connectivity index (χ3v) is 5.70. The van der Waals surface area contributed by atoms with Crippen LogP contribution < -0.4 is 0 Å². The summed E-state index contributed by atoms with van der Waals surface area (Å²) in [6, 6.07) is 10.4. The van der Waals surface area contributed by atoms with E-state index in [1.165, 1.54) is 5.56 Å². The lowest BCUT2D eigenvalue weighted by molar-refractivity contribution is -0.141. The molecule has 2 heterocycles. The minimum Gasteiger partial charge on any atom is -0.396 e. The van der Waals surface area contributed by atoms with Gasteiger partial charge in [-0.25, -0.2) is 0 Å². The Morgan fingerprint density at radius 1 is 1.16 bits per heavy atom. The van der Waals surface area contributed by atoms with Gasteiger partial charge in [0.05, 0.1) is 6.61 Å². The number of aliphatic hydroxyl groups is 1. The van der Waals surface area contributed by atoms with E-state index >= 15 is 0 Å². The Kier molecular flexibility index (Phi) is 6.45. The van der Waals surface area contributed by atoms with E-state index in [1.807, 2.05) is 16.0 Å². The van der Waals surface area contributed by atoms with Crippen LogP contribution in [-0.2, 0) is 16.1 Å². The van der Waals surface area contributed by atoms with Gasteiger partial charge >= 0.3 is 0 Å². The fraction of sp³-hybridized carbons (Fsp3) is 0.650. The molecule has 0 radical (unpaired) electrons. The van der Waals surface area contributed by atoms with Crippen molar-refractivity contribution in [3.63, 3.8) is 0 Å². The lowest BCUT2D eigenvalue weighted by atomic mass is 9.75. The summed E-state index contributed by atoms with van der Waals surface area (Å²) in [5.74, 6) is 0.213. The van der Waals surface area contributed by atoms with Crippen LogP contribution >= 0.6 is 0 Å². The molecule has 0 atom stereocenters. The quantitative estimate of drug-likeness (QED) is 0.823. The molecule has 1 aromatic carbocycles. The molecule has 5 nitrogen and oxygen atoms in total. The molecule has 0 unspecified atom stereocenters. The molecular formula is C20H30N2O3. The maximum atomic E-state index is 12.4. The zero-order chi connectivity index (χ0) is 17.5. The van der Waals surface area contributed by atoms with Crippen LogP contribution in [0.4, 0.5) is 0 Å². The van der Waals surface area contributed by atoms with Gasteiger partial charge in [0.15, 0.2) is 0 Å². The van der Waals surface area contributed by atoms with Crippen molar-refractivity contribution in [2.45, 2.75) is 38.5 Å². The number of piperidine rings is 1. The monoisotopic (exact) mass is 346 g/mol. The van der Waals surface area contributed by atoms with Gasteiger partial charge in [-0.2, -0.15) is 5.06 Å². The van der Waals surface area contributed by atoms with Crippen LogP contribution in [0.15, 0.2) is 30.3 Å². The molecule has 3 rings (SSSR count). The number of carbonyl (C=O) groups is 1. The van der Waals surface area contributed by atoms with Gasteiger partial charge in [-0.3, -0.25) is 9.63 Å². The van der Waals surface area contributed by atoms with Crippen LogP contribution in [0.3, 0.4) is 0 Å². The second-order valence-electron chi connectivity index (χ2n) is 7.39. The summed E-state index contributed by atoms with van der Waals surface area (Å²) < 4.78 is 0. The van der Waals surface area contributed by atoms with E-state index in [9.17, 15) is 9.90 Å². The largest absolute Gasteiger partial charge is 0.396 e. The Morgan fingerprint density at radius 3 is 2.56 bits per heavy atom. The number of hydrogen-bond donors (Lipinski definition) is 1. The number of carbonyl (C=O) groups excluding carboxylic acids is 1. The Labute approximate surface area is 150 Å². The molecule has 2 saturated heterocycles. The molecule has 5 heteroatoms. The number of benzene rings is 1. The molecule has 0 aromatic heterocycles. The molecule has 1 N–H and O–H groups in total. The Hall–Kier alpha value is -1.43. The van der Waals surface area contributed by atoms with Gasteiger partial charge in [0.1, 0.15) is 0 Å². The predicted octanol–water partition coefficient (Wildman–Crippen LogP) is 2.25. The third-order valence-electron chi connectivity index (χ3n) is 5.70. The van der Waals surface area contributed by atoms with Crippen molar-refractivity contribution in [2.24, 2.45) is 5.41 Å². The summed E-state index contributed by atoms with van der Waals surface area (Å²) in [4.78, 5) is 19.8. The molecule has 1 amide bonds. The van der Waals surface area contributed by atoms with Crippen molar-refractivity contribution in [3.05, 3.63) is 35.9 Å². The second-order valence-corrected chi connectivity index (χ2v) is 7.39. The molecule has 0 saturated carbocycles. The average Bonchev–Trinajstić information content (AvgIpc) is 3.19. The predicted molar refractivity (Wildman–Crippen MR) is 96.9 cm³/mol. The highest BCUT2D eigenvalue weighted by Gasteiger charge is 2.35. The maximum absolute atomic E-state index is 12.4. The summed E-state index contributed by atoms with van der Waals surface area (Å²) in [7, 11) is 0. The Bertz CT molecular complexity index is 535. The topological polar surface area (TPSA) is 53.0 Å². The number of rotatable bonds is 7. The van der Waals surface area contributed by atoms with E-state index in [0.717, 1.165) is 58.3 Å². The maximum Gasteiger partial charge on any atom is 0.223 e. The number of aliphatic hydroxyl groups excluding tert-OH is 1. The van der Waals surface area contributed by atoms with E-state index in [4.69, 9.17) is 4.84 Å². The minimum atomic E-state index is -0.0370. The summed E-state index contributed by atoms with van der Waals surface area (Å²) in [5.41, 5.74) is 1.28. The Morgan fingerprint density at radius 2 is 1.92 bits per heavy atom. The van der Waals surface area contributed by atoms with Gasteiger partial charge < -0.3 is 10.0 Å². The third kappa shape index (κ3) is 5.03. The highest BCUT2D eigenvalue weighted by atomic mass is 16.7. The van der Waals surface area contributed by atoms with Crippen LogP contribution in [0.2, 0.25) is 0 Å². The van der Waals surface area contributed by atoms with Crippen LogP contribution in [0.25, 0.3) is 0 Å². The van der Waals surface area contributed by atoms with E-state index < -0.39 is 0 Å². The highest BCUT2D eigenvalue weighted by Crippen LogP contribution is 2.36. The first-order valence-corrected chi connectivity index (χ1v) is 9.51. The van der Waals surface area contributed by atoms with Gasteiger partial charge in [0, 0.05) is 39.2 Å². The van der Waals surface area contributed by atoms with Gasteiger partial charge in [0.25, 0.3) is 0 Å². The van der Waals surface area contributed by atoms with Gasteiger partial charge in [-0.05, 0) is 43.1 Å². The number of hydrogen-bond acceptors (Lipinski definition) is 4. The number of hydroxylamine groups is 2. The minimum absolute atomic E-state index is 0.0370. The number of likely N-dealkylation sites (tertiary alicyclic amines) is 1. The Balaban J connectivity index is 1.44. The molecule has 2 aliphatic rings. The lowest BCUT2D eigenvalue weighted by Gasteiger charge is -2.41. The van der Waals surface area contributed by atoms with E-state index in [1.54, 1.807) is 0 Å². The van der Waals surface area contributed by atoms with E-state index in [-0.39, 0.29) is 17.9 Å². The summed E-state index contributed by atoms with van der Waals surface area (Å²) in [5, 5.41) is 11.9. The summed E-state index contributed by atoms with van der Waals surface area (Å²) in [6.07, 6.45) is 5.33. The zero-order valence-corrected chi connectivity index (χ0v) is 15.0. The molecule has 1 aromatic rings. The van der Waals surface area contributed by atoms with Crippen molar-refractivity contribution in [1.82, 2.24) is 9.96 Å². The van der Waals surface area contributed by atoms with Gasteiger partial charge in [-0.1, -0.05) is 30.3 Å². The fourth-order valence-corrected chi connectivity index (χ4v) is 3.83. The summed E-state index contributed by atoms with van der Waals surface area (Å²) in [6.45, 7) is 4.13. The molecule has 0 spiro atoms. The molecule has 0 bridgehead atoms. The highest BCUT2D eigenvalue weighted by molar-refractivity contribution is 5.76. The molecule has 138 valence electrons. The van der Waals surface area contributed by atoms with Crippen molar-refractivity contribution in [3.8, 4) is 0 Å². The molecule has 2 aliphatic heterocycles. The van der Waals surface area contributed by atoms with E-state index in [2.05, 4.69) is 24.3 Å². The standard InChI is InChI=1S/C20H30N2O3/c23-17-20(9-7-18-5-2-1-3-6-18)10-14-21(15-11-20)19(24)8-13-22-12-4-16-25-22/h1-3,5-6,23H,4,7-17H2. The zero-order valence-electron chi connectivity index (χ0n) is 15.0. The first kappa shape index (κ1) is 18.4.